The number of aryl methyl sites for hydroxylation is 1. The molecular weight excluding hydrogens is 270 g/mol. The molecule has 1 aromatic rings. The van der Waals surface area contributed by atoms with Crippen molar-refractivity contribution < 1.29 is 14.1 Å². The second-order valence-electron chi connectivity index (χ2n) is 5.92. The van der Waals surface area contributed by atoms with Gasteiger partial charge >= 0.3 is 0 Å². The van der Waals surface area contributed by atoms with Gasteiger partial charge in [0.05, 0.1) is 0 Å². The van der Waals surface area contributed by atoms with E-state index in [1.807, 2.05) is 4.90 Å². The van der Waals surface area contributed by atoms with Crippen LogP contribution in [0.25, 0.3) is 0 Å². The van der Waals surface area contributed by atoms with Gasteiger partial charge in [-0.1, -0.05) is 11.6 Å². The van der Waals surface area contributed by atoms with Crippen molar-refractivity contribution in [2.24, 2.45) is 5.92 Å². The molecule has 2 aliphatic rings. The van der Waals surface area contributed by atoms with Gasteiger partial charge in [-0.25, -0.2) is 0 Å². The van der Waals surface area contributed by atoms with E-state index in [1.54, 1.807) is 17.9 Å². The average Bonchev–Trinajstić information content (AvgIpc) is 2.70. The normalized spacial score (nSPS) is 20.0. The molecule has 21 heavy (non-hydrogen) atoms. The molecule has 2 heterocycles. The summed E-state index contributed by atoms with van der Waals surface area (Å²) in [5.41, 5.74) is 0.353. The maximum absolute atomic E-state index is 12.3. The van der Waals surface area contributed by atoms with Crippen LogP contribution in [0.2, 0.25) is 0 Å². The highest BCUT2D eigenvalue weighted by molar-refractivity contribution is 5.92. The molecule has 6 heteroatoms. The van der Waals surface area contributed by atoms with Crippen LogP contribution in [0.3, 0.4) is 0 Å². The second-order valence-corrected chi connectivity index (χ2v) is 5.92. The maximum Gasteiger partial charge on any atom is 0.276 e. The van der Waals surface area contributed by atoms with E-state index in [2.05, 4.69) is 5.16 Å². The minimum absolute atomic E-state index is 0.107. The monoisotopic (exact) mass is 291 g/mol. The van der Waals surface area contributed by atoms with Crippen molar-refractivity contribution in [1.82, 2.24) is 15.0 Å². The molecule has 0 N–H and O–H groups in total. The third kappa shape index (κ3) is 2.94. The van der Waals surface area contributed by atoms with Crippen molar-refractivity contribution in [1.29, 1.82) is 0 Å². The van der Waals surface area contributed by atoms with Crippen LogP contribution in [0, 0.1) is 12.8 Å². The zero-order valence-electron chi connectivity index (χ0n) is 12.4. The molecule has 1 saturated heterocycles. The summed E-state index contributed by atoms with van der Waals surface area (Å²) in [6.07, 6.45) is 4.04. The second kappa shape index (κ2) is 5.87. The summed E-state index contributed by atoms with van der Waals surface area (Å²) < 4.78 is 4.96. The number of aromatic nitrogens is 1. The quantitative estimate of drug-likeness (QED) is 0.827. The predicted octanol–water partition coefficient (Wildman–Crippen LogP) is 1.46. The van der Waals surface area contributed by atoms with Gasteiger partial charge in [-0.3, -0.25) is 9.59 Å². The van der Waals surface area contributed by atoms with Crippen LogP contribution in [0.1, 0.15) is 41.9 Å². The standard InChI is InChI=1S/C15H21N3O3/c1-11-10-13(16-21-11)15(20)18-7-3-6-17(8-9-18)14(19)12-4-2-5-12/h10,12H,2-9H2,1H3. The minimum atomic E-state index is -0.107. The minimum Gasteiger partial charge on any atom is -0.361 e. The van der Waals surface area contributed by atoms with Crippen molar-refractivity contribution in [3.63, 3.8) is 0 Å². The van der Waals surface area contributed by atoms with Gasteiger partial charge in [0.15, 0.2) is 5.69 Å². The van der Waals surface area contributed by atoms with Crippen LogP contribution in [0.4, 0.5) is 0 Å². The van der Waals surface area contributed by atoms with E-state index >= 15 is 0 Å². The van der Waals surface area contributed by atoms with Gasteiger partial charge in [-0.05, 0) is 26.2 Å². The van der Waals surface area contributed by atoms with Crippen molar-refractivity contribution >= 4 is 11.8 Å². The Labute approximate surface area is 124 Å². The highest BCUT2D eigenvalue weighted by Crippen LogP contribution is 2.28. The van der Waals surface area contributed by atoms with E-state index in [9.17, 15) is 9.59 Å². The largest absolute Gasteiger partial charge is 0.361 e. The molecule has 2 amide bonds. The summed E-state index contributed by atoms with van der Waals surface area (Å²) in [4.78, 5) is 28.3. The van der Waals surface area contributed by atoms with E-state index in [4.69, 9.17) is 4.52 Å². The van der Waals surface area contributed by atoms with E-state index in [-0.39, 0.29) is 17.7 Å². The zero-order valence-corrected chi connectivity index (χ0v) is 12.4. The first-order valence-corrected chi connectivity index (χ1v) is 7.66. The molecule has 0 bridgehead atoms. The Hall–Kier alpha value is -1.85. The van der Waals surface area contributed by atoms with Gasteiger partial charge in [0.1, 0.15) is 5.76 Å². The zero-order chi connectivity index (χ0) is 14.8. The first kappa shape index (κ1) is 14.1. The molecular formula is C15H21N3O3. The topological polar surface area (TPSA) is 66.7 Å². The first-order chi connectivity index (χ1) is 10.1. The lowest BCUT2D eigenvalue weighted by atomic mass is 9.84. The fraction of sp³-hybridized carbons (Fsp3) is 0.667. The predicted molar refractivity (Wildman–Crippen MR) is 75.7 cm³/mol. The molecule has 1 saturated carbocycles. The number of hydrogen-bond donors (Lipinski definition) is 0. The summed E-state index contributed by atoms with van der Waals surface area (Å²) in [5, 5.41) is 3.78. The Kier molecular flexibility index (Phi) is 3.94. The van der Waals surface area contributed by atoms with E-state index in [0.717, 1.165) is 25.8 Å². The number of rotatable bonds is 2. The lowest BCUT2D eigenvalue weighted by Crippen LogP contribution is -2.41. The van der Waals surface area contributed by atoms with Crippen molar-refractivity contribution in [2.45, 2.75) is 32.6 Å². The molecule has 0 unspecified atom stereocenters. The third-order valence-electron chi connectivity index (χ3n) is 4.40. The van der Waals surface area contributed by atoms with E-state index in [1.165, 1.54) is 6.42 Å². The summed E-state index contributed by atoms with van der Waals surface area (Å²) in [6.45, 7) is 4.38. The fourth-order valence-corrected chi connectivity index (χ4v) is 2.88. The average molecular weight is 291 g/mol. The molecule has 3 rings (SSSR count). The Morgan fingerprint density at radius 3 is 2.48 bits per heavy atom. The van der Waals surface area contributed by atoms with Gasteiger partial charge < -0.3 is 14.3 Å². The van der Waals surface area contributed by atoms with Gasteiger partial charge in [0.25, 0.3) is 5.91 Å². The first-order valence-electron chi connectivity index (χ1n) is 7.66. The van der Waals surface area contributed by atoms with Crippen molar-refractivity contribution in [3.05, 3.63) is 17.5 Å². The number of nitrogens with zero attached hydrogens (tertiary/aromatic N) is 3. The van der Waals surface area contributed by atoms with Gasteiger partial charge in [-0.15, -0.1) is 0 Å². The highest BCUT2D eigenvalue weighted by atomic mass is 16.5. The number of amides is 2. The molecule has 0 radical (unpaired) electrons. The smallest absolute Gasteiger partial charge is 0.276 e. The molecule has 0 spiro atoms. The molecule has 0 atom stereocenters. The lowest BCUT2D eigenvalue weighted by molar-refractivity contribution is -0.138. The molecule has 1 aliphatic heterocycles. The maximum atomic E-state index is 12.3. The number of carbonyl (C=O) groups is 2. The summed E-state index contributed by atoms with van der Waals surface area (Å²) >= 11 is 0. The molecule has 1 aliphatic carbocycles. The SMILES string of the molecule is Cc1cc(C(=O)N2CCCN(C(=O)C3CCC3)CC2)no1. The summed E-state index contributed by atoms with van der Waals surface area (Å²) in [6, 6.07) is 1.66. The number of carbonyl (C=O) groups excluding carboxylic acids is 2. The highest BCUT2D eigenvalue weighted by Gasteiger charge is 2.31. The Bertz CT molecular complexity index is 536. The Morgan fingerprint density at radius 2 is 1.86 bits per heavy atom. The molecule has 6 nitrogen and oxygen atoms in total. The van der Waals surface area contributed by atoms with E-state index < -0.39 is 0 Å². The van der Waals surface area contributed by atoms with Crippen LogP contribution < -0.4 is 0 Å². The molecule has 1 aromatic heterocycles. The van der Waals surface area contributed by atoms with Crippen LogP contribution >= 0.6 is 0 Å². The molecule has 2 fully saturated rings. The van der Waals surface area contributed by atoms with Crippen LogP contribution in [0.5, 0.6) is 0 Å². The Balaban J connectivity index is 1.60. The van der Waals surface area contributed by atoms with Gasteiger partial charge in [-0.2, -0.15) is 0 Å². The van der Waals surface area contributed by atoms with Crippen molar-refractivity contribution in [2.75, 3.05) is 26.2 Å². The van der Waals surface area contributed by atoms with E-state index in [0.29, 0.717) is 31.1 Å². The van der Waals surface area contributed by atoms with Crippen LogP contribution in [0.15, 0.2) is 10.6 Å². The third-order valence-corrected chi connectivity index (χ3v) is 4.40. The van der Waals surface area contributed by atoms with Gasteiger partial charge in [0, 0.05) is 38.2 Å². The van der Waals surface area contributed by atoms with Crippen LogP contribution in [-0.4, -0.2) is 52.9 Å². The van der Waals surface area contributed by atoms with Crippen LogP contribution in [-0.2, 0) is 4.79 Å². The van der Waals surface area contributed by atoms with Gasteiger partial charge in [0.2, 0.25) is 5.91 Å². The fourth-order valence-electron chi connectivity index (χ4n) is 2.88. The summed E-state index contributed by atoms with van der Waals surface area (Å²) in [5.74, 6) is 1.03. The molecule has 114 valence electrons. The Morgan fingerprint density at radius 1 is 1.14 bits per heavy atom. The summed E-state index contributed by atoms with van der Waals surface area (Å²) in [7, 11) is 0. The number of hydrogen-bond acceptors (Lipinski definition) is 4. The lowest BCUT2D eigenvalue weighted by Gasteiger charge is -2.30. The van der Waals surface area contributed by atoms with Crippen molar-refractivity contribution in [3.8, 4) is 0 Å². The molecule has 0 aromatic carbocycles.